The van der Waals surface area contributed by atoms with Gasteiger partial charge in [-0.25, -0.2) is 14.4 Å². The Morgan fingerprint density at radius 2 is 1.88 bits per heavy atom. The van der Waals surface area contributed by atoms with E-state index in [0.717, 1.165) is 5.56 Å². The molecule has 4 amide bonds. The molecule has 0 aliphatic carbocycles. The molecule has 3 rings (SSSR count). The number of rotatable bonds is 13. The van der Waals surface area contributed by atoms with E-state index in [-0.39, 0.29) is 43.6 Å². The molecule has 1 atom stereocenters. The third kappa shape index (κ3) is 9.08. The molecule has 0 aliphatic heterocycles. The third-order valence-electron chi connectivity index (χ3n) is 5.88. The van der Waals surface area contributed by atoms with E-state index in [2.05, 4.69) is 32.7 Å². The van der Waals surface area contributed by atoms with E-state index < -0.39 is 24.1 Å². The summed E-state index contributed by atoms with van der Waals surface area (Å²) in [5, 5.41) is 20.9. The molecule has 0 spiro atoms. The molecule has 1 aromatic heterocycles. The number of carboxylic acid groups (broad SMARTS) is 1. The highest BCUT2D eigenvalue weighted by Crippen LogP contribution is 2.26. The van der Waals surface area contributed by atoms with Gasteiger partial charge in [0.1, 0.15) is 18.4 Å². The van der Waals surface area contributed by atoms with Crippen molar-refractivity contribution in [2.75, 3.05) is 31.4 Å². The Morgan fingerprint density at radius 3 is 2.57 bits per heavy atom. The molecule has 0 radical (unpaired) electrons. The van der Waals surface area contributed by atoms with Crippen LogP contribution in [0.3, 0.4) is 0 Å². The zero-order valence-electron chi connectivity index (χ0n) is 23.4. The molecular weight excluding hydrogens is 548 g/mol. The first-order chi connectivity index (χ1) is 20.1. The Morgan fingerprint density at radius 1 is 1.14 bits per heavy atom. The summed E-state index contributed by atoms with van der Waals surface area (Å²) in [5.41, 5.74) is 2.66. The number of carbonyl (C=O) groups excluding carboxylic acids is 3. The van der Waals surface area contributed by atoms with Crippen molar-refractivity contribution < 1.29 is 38.3 Å². The molecule has 3 aromatic rings. The average molecular weight is 581 g/mol. The van der Waals surface area contributed by atoms with Gasteiger partial charge in [-0.05, 0) is 36.2 Å². The van der Waals surface area contributed by atoms with Crippen LogP contribution < -0.4 is 20.7 Å². The summed E-state index contributed by atoms with van der Waals surface area (Å²) in [6.45, 7) is 5.20. The Kier molecular flexibility index (Phi) is 11.0. The normalized spacial score (nSPS) is 11.1. The lowest BCUT2D eigenvalue weighted by atomic mass is 10.1. The number of carboxylic acids is 1. The smallest absolute Gasteiger partial charge is 0.408 e. The number of methoxy groups -OCH3 is 1. The van der Waals surface area contributed by atoms with Crippen LogP contribution in [0.1, 0.15) is 22.8 Å². The lowest BCUT2D eigenvalue weighted by molar-refractivity contribution is -0.139. The number of aliphatic carboxylic acids is 1. The van der Waals surface area contributed by atoms with Crippen molar-refractivity contribution >= 4 is 35.4 Å². The van der Waals surface area contributed by atoms with Gasteiger partial charge in [0.2, 0.25) is 11.8 Å². The molecule has 2 aromatic carbocycles. The Balaban J connectivity index is 1.56. The molecule has 14 heteroatoms. The van der Waals surface area contributed by atoms with Crippen LogP contribution in [0.5, 0.6) is 5.75 Å². The van der Waals surface area contributed by atoms with Gasteiger partial charge in [-0.2, -0.15) is 4.98 Å². The van der Waals surface area contributed by atoms with Crippen molar-refractivity contribution in [3.8, 4) is 5.75 Å². The molecular formula is C28H32N6O8. The summed E-state index contributed by atoms with van der Waals surface area (Å²) >= 11 is 0. The van der Waals surface area contributed by atoms with Crippen molar-refractivity contribution in [1.29, 1.82) is 0 Å². The maximum Gasteiger partial charge on any atom is 0.408 e. The van der Waals surface area contributed by atoms with Crippen LogP contribution in [0.4, 0.5) is 21.0 Å². The summed E-state index contributed by atoms with van der Waals surface area (Å²) in [6.07, 6.45) is 0.144. The zero-order valence-corrected chi connectivity index (χ0v) is 23.4. The second kappa shape index (κ2) is 14.8. The van der Waals surface area contributed by atoms with Crippen LogP contribution in [0.15, 0.2) is 59.6 Å². The molecule has 0 saturated heterocycles. The molecule has 1 heterocycles. The highest BCUT2D eigenvalue weighted by Gasteiger charge is 2.24. The molecule has 1 unspecified atom stereocenters. The number of aromatic nitrogens is 2. The number of urea groups is 1. The number of hydrogen-bond donors (Lipinski definition) is 4. The molecule has 14 nitrogen and oxygen atoms in total. The number of nitrogens with one attached hydrogen (secondary N) is 3. The monoisotopic (exact) mass is 580 g/mol. The van der Waals surface area contributed by atoms with E-state index in [9.17, 15) is 24.3 Å². The Labute approximate surface area is 241 Å². The van der Waals surface area contributed by atoms with Gasteiger partial charge >= 0.3 is 18.1 Å². The van der Waals surface area contributed by atoms with Gasteiger partial charge in [0.25, 0.3) is 0 Å². The number of amides is 4. The summed E-state index contributed by atoms with van der Waals surface area (Å²) in [6, 6.07) is 10.6. The molecule has 42 heavy (non-hydrogen) atoms. The number of ether oxygens (including phenoxy) is 2. The number of hydrogen-bond acceptors (Lipinski definition) is 9. The first-order valence-electron chi connectivity index (χ1n) is 12.7. The fourth-order valence-electron chi connectivity index (χ4n) is 3.68. The minimum atomic E-state index is -1.36. The van der Waals surface area contributed by atoms with Crippen LogP contribution in [-0.4, -0.2) is 71.0 Å². The van der Waals surface area contributed by atoms with Crippen molar-refractivity contribution in [2.24, 2.45) is 0 Å². The minimum absolute atomic E-state index is 0.00920. The first kappa shape index (κ1) is 31.1. The lowest BCUT2D eigenvalue weighted by Gasteiger charge is -2.16. The van der Waals surface area contributed by atoms with Crippen molar-refractivity contribution in [3.63, 3.8) is 0 Å². The number of alkyl carbamates (subject to hydrolysis) is 1. The van der Waals surface area contributed by atoms with Gasteiger partial charge < -0.3 is 40.0 Å². The van der Waals surface area contributed by atoms with Crippen LogP contribution >= 0.6 is 0 Å². The van der Waals surface area contributed by atoms with Crippen molar-refractivity contribution in [1.82, 2.24) is 20.4 Å². The SMILES string of the molecule is C=CCOC(=O)NC(Cc1nc(CN(C)C(=O)Cc2ccc(NC(=O)Nc3ccccc3C)c(OC)c2)no1)C(=O)O. The van der Waals surface area contributed by atoms with Gasteiger partial charge in [0, 0.05) is 12.7 Å². The fourth-order valence-corrected chi connectivity index (χ4v) is 3.68. The largest absolute Gasteiger partial charge is 0.495 e. The van der Waals surface area contributed by atoms with Gasteiger partial charge in [0.15, 0.2) is 5.82 Å². The van der Waals surface area contributed by atoms with Gasteiger partial charge in [-0.3, -0.25) is 4.79 Å². The second-order valence-electron chi connectivity index (χ2n) is 9.09. The van der Waals surface area contributed by atoms with E-state index in [1.165, 1.54) is 18.1 Å². The maximum absolute atomic E-state index is 12.9. The Bertz CT molecular complexity index is 1440. The average Bonchev–Trinajstić information content (AvgIpc) is 3.39. The van der Waals surface area contributed by atoms with Crippen LogP contribution in [0.25, 0.3) is 0 Å². The highest BCUT2D eigenvalue weighted by atomic mass is 16.5. The van der Waals surface area contributed by atoms with Crippen LogP contribution in [0.2, 0.25) is 0 Å². The van der Waals surface area contributed by atoms with Gasteiger partial charge in [-0.15, -0.1) is 0 Å². The van der Waals surface area contributed by atoms with Crippen LogP contribution in [0, 0.1) is 6.92 Å². The number of benzene rings is 2. The lowest BCUT2D eigenvalue weighted by Crippen LogP contribution is -2.42. The number of nitrogens with zero attached hydrogens (tertiary/aromatic N) is 3. The van der Waals surface area contributed by atoms with Gasteiger partial charge in [-0.1, -0.05) is 42.1 Å². The predicted octanol–water partition coefficient (Wildman–Crippen LogP) is 3.14. The standard InChI is InChI=1S/C28H32N6O8/c1-5-12-41-28(39)31-21(26(36)37)15-24-32-23(33-42-24)16-34(3)25(35)14-18-10-11-20(22(13-18)40-4)30-27(38)29-19-9-7-6-8-17(19)2/h5-11,13,21H,1,12,14-16H2,2-4H3,(H,31,39)(H,36,37)(H2,29,30,38). The summed E-state index contributed by atoms with van der Waals surface area (Å²) in [4.78, 5) is 54.0. The van der Waals surface area contributed by atoms with Crippen molar-refractivity contribution in [3.05, 3.63) is 78.0 Å². The predicted molar refractivity (Wildman–Crippen MR) is 151 cm³/mol. The Hall–Kier alpha value is -5.40. The number of likely N-dealkylation sites (N-methyl/N-ethyl adjacent to an activating group) is 1. The number of carbonyl (C=O) groups is 4. The summed E-state index contributed by atoms with van der Waals surface area (Å²) in [7, 11) is 3.01. The molecule has 0 bridgehead atoms. The molecule has 0 saturated carbocycles. The van der Waals surface area contributed by atoms with Gasteiger partial charge in [0.05, 0.1) is 32.2 Å². The summed E-state index contributed by atoms with van der Waals surface area (Å²) in [5.74, 6) is -1.10. The highest BCUT2D eigenvalue weighted by molar-refractivity contribution is 6.01. The number of aryl methyl sites for hydroxylation is 1. The van der Waals surface area contributed by atoms with E-state index in [1.54, 1.807) is 31.3 Å². The molecule has 222 valence electrons. The zero-order chi connectivity index (χ0) is 30.6. The molecule has 0 fully saturated rings. The maximum atomic E-state index is 12.9. The second-order valence-corrected chi connectivity index (χ2v) is 9.09. The van der Waals surface area contributed by atoms with Crippen LogP contribution in [-0.2, 0) is 33.7 Å². The van der Waals surface area contributed by atoms with E-state index >= 15 is 0 Å². The molecule has 0 aliphatic rings. The fraction of sp³-hybridized carbons (Fsp3) is 0.286. The van der Waals surface area contributed by atoms with E-state index in [0.29, 0.717) is 22.7 Å². The quantitative estimate of drug-likeness (QED) is 0.219. The topological polar surface area (TPSA) is 185 Å². The molecule has 4 N–H and O–H groups in total. The first-order valence-corrected chi connectivity index (χ1v) is 12.7. The number of para-hydroxylation sites is 1. The minimum Gasteiger partial charge on any atom is -0.495 e. The van der Waals surface area contributed by atoms with Crippen molar-refractivity contribution in [2.45, 2.75) is 32.4 Å². The number of anilines is 2. The third-order valence-corrected chi connectivity index (χ3v) is 5.88. The summed E-state index contributed by atoms with van der Waals surface area (Å²) < 4.78 is 15.2. The van der Waals surface area contributed by atoms with E-state index in [1.807, 2.05) is 25.1 Å². The van der Waals surface area contributed by atoms with E-state index in [4.69, 9.17) is 14.0 Å².